The number of allylic oxidation sites excluding steroid dienone is 1. The first-order valence-electron chi connectivity index (χ1n) is 13.8. The average Bonchev–Trinajstić information content (AvgIpc) is 3.09. The predicted octanol–water partition coefficient (Wildman–Crippen LogP) is 6.71. The minimum atomic E-state index is -0.434. The molecule has 0 spiro atoms. The van der Waals surface area contributed by atoms with Crippen molar-refractivity contribution in [3.8, 4) is 0 Å². The van der Waals surface area contributed by atoms with Gasteiger partial charge < -0.3 is 4.74 Å². The second-order valence-corrected chi connectivity index (χ2v) is 13.3. The molecule has 0 amide bonds. The van der Waals surface area contributed by atoms with Gasteiger partial charge in [-0.25, -0.2) is 0 Å². The van der Waals surface area contributed by atoms with Crippen LogP contribution in [0.1, 0.15) is 106 Å². The molecule has 34 heavy (non-hydrogen) atoms. The molecule has 0 saturated heterocycles. The fourth-order valence-corrected chi connectivity index (χ4v) is 8.89. The summed E-state index contributed by atoms with van der Waals surface area (Å²) < 4.78 is 5.60. The summed E-state index contributed by atoms with van der Waals surface area (Å²) in [6.07, 6.45) is 10.9. The van der Waals surface area contributed by atoms with Gasteiger partial charge in [0, 0.05) is 25.3 Å². The van der Waals surface area contributed by atoms with Crippen LogP contribution in [0.25, 0.3) is 0 Å². The van der Waals surface area contributed by atoms with Gasteiger partial charge in [-0.1, -0.05) is 34.1 Å². The lowest BCUT2D eigenvalue weighted by atomic mass is 9.46. The Hall–Kier alpha value is -1.45. The second-order valence-electron chi connectivity index (χ2n) is 13.3. The van der Waals surface area contributed by atoms with Gasteiger partial charge in [-0.05, 0) is 105 Å². The van der Waals surface area contributed by atoms with E-state index < -0.39 is 5.60 Å². The van der Waals surface area contributed by atoms with Gasteiger partial charge in [0.05, 0.1) is 0 Å². The molecule has 3 fully saturated rings. The lowest BCUT2D eigenvalue weighted by Gasteiger charge is -2.58. The van der Waals surface area contributed by atoms with Crippen molar-refractivity contribution in [3.63, 3.8) is 0 Å². The first kappa shape index (κ1) is 25.6. The van der Waals surface area contributed by atoms with Crippen LogP contribution < -0.4 is 0 Å². The molecule has 0 aromatic heterocycles. The van der Waals surface area contributed by atoms with Crippen LogP contribution >= 0.6 is 0 Å². The molecule has 3 saturated carbocycles. The van der Waals surface area contributed by atoms with Crippen LogP contribution in [0.5, 0.6) is 0 Å². The van der Waals surface area contributed by atoms with Gasteiger partial charge >= 0.3 is 5.97 Å². The number of carbonyl (C=O) groups excluding carboxylic acids is 3. The topological polar surface area (TPSA) is 60.4 Å². The minimum Gasteiger partial charge on any atom is -0.460 e. The number of ether oxygens (including phenoxy) is 1. The Bertz CT molecular complexity index is 884. The van der Waals surface area contributed by atoms with E-state index in [0.717, 1.165) is 24.8 Å². The van der Waals surface area contributed by atoms with Crippen LogP contribution in [-0.2, 0) is 19.1 Å². The van der Waals surface area contributed by atoms with E-state index in [0.29, 0.717) is 53.8 Å². The molecule has 190 valence electrons. The van der Waals surface area contributed by atoms with Gasteiger partial charge in [0.2, 0.25) is 0 Å². The van der Waals surface area contributed by atoms with Crippen LogP contribution in [0.4, 0.5) is 0 Å². The van der Waals surface area contributed by atoms with Crippen molar-refractivity contribution in [2.24, 2.45) is 46.3 Å². The first-order chi connectivity index (χ1) is 15.8. The summed E-state index contributed by atoms with van der Waals surface area (Å²) in [6, 6.07) is 0. The predicted molar refractivity (Wildman–Crippen MR) is 134 cm³/mol. The molecule has 0 heterocycles. The van der Waals surface area contributed by atoms with Crippen LogP contribution in [0.2, 0.25) is 0 Å². The lowest BCUT2D eigenvalue weighted by molar-refractivity contribution is -0.158. The lowest BCUT2D eigenvalue weighted by Crippen LogP contribution is -2.53. The number of Topliss-reactive ketones (excluding diaryl/α,β-unsaturated/α-hetero) is 1. The molecule has 0 N–H and O–H groups in total. The van der Waals surface area contributed by atoms with E-state index in [-0.39, 0.29) is 23.0 Å². The Balaban J connectivity index is 1.46. The van der Waals surface area contributed by atoms with Crippen LogP contribution in [-0.4, -0.2) is 23.1 Å². The number of rotatable bonds is 6. The number of fused-ring (bicyclic) bond motifs is 5. The van der Waals surface area contributed by atoms with E-state index in [2.05, 4.69) is 27.7 Å². The molecular formula is C30H46O4. The quantitative estimate of drug-likeness (QED) is 0.405. The second kappa shape index (κ2) is 8.89. The maximum atomic E-state index is 13.2. The van der Waals surface area contributed by atoms with Crippen molar-refractivity contribution >= 4 is 17.5 Å². The standard InChI is InChI=1S/C30H46O4/c1-18(8-9-19(2)28(4,5)34-20(3)31)23-10-11-24-22-17-27(33)26-16-21(32)12-14-30(26,7)25(22)13-15-29(23,24)6/h16,18-19,22-25H,8-15,17H2,1-7H3/t18-,19-,22+,23-,24+,25+,29-,30-/m1/s1. The molecular weight excluding hydrogens is 424 g/mol. The zero-order valence-electron chi connectivity index (χ0n) is 22.5. The SMILES string of the molecule is CC(=O)OC(C)(C)[C@H](C)CC[C@@H](C)[C@H]1CC[C@H]2[C@@H]3CC(=O)C4=CC(=O)CC[C@]4(C)[C@H]3CC[C@]12C. The van der Waals surface area contributed by atoms with Crippen molar-refractivity contribution in [1.29, 1.82) is 0 Å². The molecule has 0 aromatic rings. The van der Waals surface area contributed by atoms with Crippen LogP contribution in [0.3, 0.4) is 0 Å². The van der Waals surface area contributed by atoms with Gasteiger partial charge in [-0.2, -0.15) is 0 Å². The first-order valence-corrected chi connectivity index (χ1v) is 13.8. The van der Waals surface area contributed by atoms with Gasteiger partial charge in [0.15, 0.2) is 11.6 Å². The molecule has 4 heteroatoms. The zero-order chi connectivity index (χ0) is 25.1. The summed E-state index contributed by atoms with van der Waals surface area (Å²) >= 11 is 0. The summed E-state index contributed by atoms with van der Waals surface area (Å²) in [6.45, 7) is 15.0. The minimum absolute atomic E-state index is 0.101. The number of esters is 1. The monoisotopic (exact) mass is 470 g/mol. The summed E-state index contributed by atoms with van der Waals surface area (Å²) in [5, 5.41) is 0. The highest BCUT2D eigenvalue weighted by atomic mass is 16.6. The van der Waals surface area contributed by atoms with Crippen molar-refractivity contribution < 1.29 is 19.1 Å². The smallest absolute Gasteiger partial charge is 0.303 e. The van der Waals surface area contributed by atoms with E-state index in [1.165, 1.54) is 32.6 Å². The van der Waals surface area contributed by atoms with E-state index in [1.807, 2.05) is 13.8 Å². The molecule has 4 aliphatic rings. The fourth-order valence-electron chi connectivity index (χ4n) is 8.89. The molecule has 0 radical (unpaired) electrons. The number of hydrogen-bond acceptors (Lipinski definition) is 4. The van der Waals surface area contributed by atoms with Crippen molar-refractivity contribution in [2.45, 2.75) is 112 Å². The normalized spacial score (nSPS) is 39.4. The molecule has 8 atom stereocenters. The molecule has 4 rings (SSSR count). The van der Waals surface area contributed by atoms with Gasteiger partial charge in [-0.15, -0.1) is 0 Å². The third-order valence-corrected chi connectivity index (χ3v) is 11.2. The Morgan fingerprint density at radius 2 is 1.79 bits per heavy atom. The number of hydrogen-bond donors (Lipinski definition) is 0. The largest absolute Gasteiger partial charge is 0.460 e. The Kier molecular flexibility index (Phi) is 6.70. The van der Waals surface area contributed by atoms with E-state index >= 15 is 0 Å². The average molecular weight is 471 g/mol. The third-order valence-electron chi connectivity index (χ3n) is 11.2. The van der Waals surface area contributed by atoms with Crippen LogP contribution in [0, 0.1) is 46.3 Å². The summed E-state index contributed by atoms with van der Waals surface area (Å²) in [4.78, 5) is 36.8. The molecule has 0 unspecified atom stereocenters. The molecule has 0 aromatic carbocycles. The highest BCUT2D eigenvalue weighted by Crippen LogP contribution is 2.67. The van der Waals surface area contributed by atoms with E-state index in [9.17, 15) is 14.4 Å². The molecule has 0 aliphatic heterocycles. The summed E-state index contributed by atoms with van der Waals surface area (Å²) in [7, 11) is 0. The summed E-state index contributed by atoms with van der Waals surface area (Å²) in [5.41, 5.74) is 0.616. The van der Waals surface area contributed by atoms with Crippen LogP contribution in [0.15, 0.2) is 11.6 Å². The van der Waals surface area contributed by atoms with Gasteiger partial charge in [-0.3, -0.25) is 14.4 Å². The number of ketones is 2. The van der Waals surface area contributed by atoms with E-state index in [4.69, 9.17) is 4.74 Å². The van der Waals surface area contributed by atoms with Crippen molar-refractivity contribution in [2.75, 3.05) is 0 Å². The highest BCUT2D eigenvalue weighted by molar-refractivity contribution is 6.05. The maximum absolute atomic E-state index is 13.2. The molecule has 4 aliphatic carbocycles. The van der Waals surface area contributed by atoms with Gasteiger partial charge in [0.25, 0.3) is 0 Å². The van der Waals surface area contributed by atoms with Crippen molar-refractivity contribution in [1.82, 2.24) is 0 Å². The molecule has 0 bridgehead atoms. The molecule has 4 nitrogen and oxygen atoms in total. The third kappa shape index (κ3) is 4.22. The Labute approximate surface area is 206 Å². The number of carbonyl (C=O) groups is 3. The van der Waals surface area contributed by atoms with Gasteiger partial charge in [0.1, 0.15) is 5.60 Å². The Morgan fingerprint density at radius 3 is 2.47 bits per heavy atom. The fraction of sp³-hybridized carbons (Fsp3) is 0.833. The summed E-state index contributed by atoms with van der Waals surface area (Å²) in [5.74, 6) is 3.45. The van der Waals surface area contributed by atoms with E-state index in [1.54, 1.807) is 6.08 Å². The maximum Gasteiger partial charge on any atom is 0.303 e. The highest BCUT2D eigenvalue weighted by Gasteiger charge is 2.61. The zero-order valence-corrected chi connectivity index (χ0v) is 22.5. The Morgan fingerprint density at radius 1 is 1.09 bits per heavy atom. The van der Waals surface area contributed by atoms with Crippen molar-refractivity contribution in [3.05, 3.63) is 11.6 Å².